The summed E-state index contributed by atoms with van der Waals surface area (Å²) in [5, 5.41) is -0.256. The molecular formula is C19H19NO5S2. The Bertz CT molecular complexity index is 999. The molecule has 0 aromatic heterocycles. The summed E-state index contributed by atoms with van der Waals surface area (Å²) in [5.74, 6) is -0.137. The van der Waals surface area contributed by atoms with Crippen molar-refractivity contribution in [2.75, 3.05) is 24.0 Å². The third-order valence-corrected chi connectivity index (χ3v) is 6.68. The molecule has 2 aromatic rings. The van der Waals surface area contributed by atoms with Crippen LogP contribution in [0.4, 0.5) is 5.69 Å². The predicted molar refractivity (Wildman–Crippen MR) is 105 cm³/mol. The Morgan fingerprint density at radius 3 is 2.41 bits per heavy atom. The summed E-state index contributed by atoms with van der Waals surface area (Å²) < 4.78 is 28.0. The van der Waals surface area contributed by atoms with E-state index in [9.17, 15) is 18.0 Å². The van der Waals surface area contributed by atoms with Gasteiger partial charge in [-0.3, -0.25) is 9.69 Å². The van der Waals surface area contributed by atoms with Crippen molar-refractivity contribution in [1.29, 1.82) is 0 Å². The third kappa shape index (κ3) is 3.86. The van der Waals surface area contributed by atoms with Crippen molar-refractivity contribution in [3.05, 3.63) is 59.2 Å². The van der Waals surface area contributed by atoms with E-state index in [4.69, 9.17) is 4.74 Å². The number of ether oxygens (including phenoxy) is 1. The number of carbonyl (C=O) groups is 2. The molecule has 8 heteroatoms. The molecule has 0 N–H and O–H groups in total. The van der Waals surface area contributed by atoms with E-state index in [1.807, 2.05) is 6.92 Å². The minimum absolute atomic E-state index is 0.0360. The van der Waals surface area contributed by atoms with E-state index in [0.717, 1.165) is 23.1 Å². The lowest BCUT2D eigenvalue weighted by Gasteiger charge is -2.26. The number of benzene rings is 2. The Hall–Kier alpha value is -2.32. The van der Waals surface area contributed by atoms with E-state index in [1.54, 1.807) is 47.4 Å². The lowest BCUT2D eigenvalue weighted by atomic mass is 10.1. The van der Waals surface area contributed by atoms with E-state index in [1.165, 1.54) is 18.9 Å². The predicted octanol–water partition coefficient (Wildman–Crippen LogP) is 2.96. The highest BCUT2D eigenvalue weighted by molar-refractivity contribution is 8.00. The maximum atomic E-state index is 12.5. The van der Waals surface area contributed by atoms with Gasteiger partial charge in [0.1, 0.15) is 5.37 Å². The fourth-order valence-corrected chi connectivity index (χ4v) is 4.78. The first kappa shape index (κ1) is 19.4. The molecule has 6 nitrogen and oxygen atoms in total. The Balaban J connectivity index is 1.97. The van der Waals surface area contributed by atoms with Gasteiger partial charge in [0.2, 0.25) is 5.91 Å². The number of nitrogens with zero attached hydrogens (tertiary/aromatic N) is 1. The van der Waals surface area contributed by atoms with Crippen molar-refractivity contribution in [3.8, 4) is 0 Å². The number of anilines is 1. The molecule has 1 aliphatic heterocycles. The molecule has 1 heterocycles. The summed E-state index contributed by atoms with van der Waals surface area (Å²) in [4.78, 5) is 26.2. The maximum absolute atomic E-state index is 12.5. The quantitative estimate of drug-likeness (QED) is 0.728. The van der Waals surface area contributed by atoms with Gasteiger partial charge < -0.3 is 4.74 Å². The number of sulfone groups is 1. The molecule has 1 saturated heterocycles. The molecule has 1 fully saturated rings. The van der Waals surface area contributed by atoms with Gasteiger partial charge in [0.05, 0.1) is 23.3 Å². The first-order chi connectivity index (χ1) is 12.7. The van der Waals surface area contributed by atoms with Crippen LogP contribution in [0.5, 0.6) is 0 Å². The first-order valence-electron chi connectivity index (χ1n) is 8.15. The summed E-state index contributed by atoms with van der Waals surface area (Å²) in [6, 6.07) is 11.6. The molecule has 1 atom stereocenters. The number of amides is 1. The van der Waals surface area contributed by atoms with Gasteiger partial charge in [-0.25, -0.2) is 13.2 Å². The van der Waals surface area contributed by atoms with E-state index in [-0.39, 0.29) is 16.2 Å². The number of carbonyl (C=O) groups excluding carboxylic acids is 2. The standard InChI is InChI=1S/C19H19NO5S2/c1-12-10-14(19(22)25-2)6-9-16(12)20-17(21)11-26-18(20)13-4-7-15(8-5-13)27(3,23)24/h4-10,18H,11H2,1-3H3. The zero-order valence-electron chi connectivity index (χ0n) is 15.1. The van der Waals surface area contributed by atoms with Crippen LogP contribution in [0.2, 0.25) is 0 Å². The fourth-order valence-electron chi connectivity index (χ4n) is 2.98. The van der Waals surface area contributed by atoms with Crippen LogP contribution in [0.1, 0.15) is 26.9 Å². The smallest absolute Gasteiger partial charge is 0.337 e. The van der Waals surface area contributed by atoms with Gasteiger partial charge >= 0.3 is 5.97 Å². The highest BCUT2D eigenvalue weighted by Crippen LogP contribution is 2.43. The second kappa shape index (κ2) is 7.36. The van der Waals surface area contributed by atoms with Crippen molar-refractivity contribution < 1.29 is 22.7 Å². The second-order valence-corrected chi connectivity index (χ2v) is 9.35. The van der Waals surface area contributed by atoms with Gasteiger partial charge in [-0.15, -0.1) is 11.8 Å². The van der Waals surface area contributed by atoms with Crippen LogP contribution in [-0.4, -0.2) is 39.4 Å². The minimum atomic E-state index is -3.27. The largest absolute Gasteiger partial charge is 0.465 e. The lowest BCUT2D eigenvalue weighted by molar-refractivity contribution is -0.115. The number of rotatable bonds is 4. The van der Waals surface area contributed by atoms with Gasteiger partial charge in [0, 0.05) is 11.9 Å². The average molecular weight is 405 g/mol. The molecular weight excluding hydrogens is 386 g/mol. The van der Waals surface area contributed by atoms with Gasteiger partial charge in [0.25, 0.3) is 0 Å². The van der Waals surface area contributed by atoms with Gasteiger partial charge in [-0.05, 0) is 48.4 Å². The summed E-state index contributed by atoms with van der Waals surface area (Å²) in [6.07, 6.45) is 1.16. The molecule has 2 aromatic carbocycles. The first-order valence-corrected chi connectivity index (χ1v) is 11.1. The summed E-state index contributed by atoms with van der Waals surface area (Å²) in [7, 11) is -1.95. The normalized spacial score (nSPS) is 17.2. The molecule has 0 bridgehead atoms. The van der Waals surface area contributed by atoms with Crippen LogP contribution in [0.15, 0.2) is 47.4 Å². The van der Waals surface area contributed by atoms with Crippen molar-refractivity contribution in [1.82, 2.24) is 0 Å². The number of methoxy groups -OCH3 is 1. The maximum Gasteiger partial charge on any atom is 0.337 e. The molecule has 27 heavy (non-hydrogen) atoms. The number of thioether (sulfide) groups is 1. The van der Waals surface area contributed by atoms with Crippen LogP contribution in [0.25, 0.3) is 0 Å². The van der Waals surface area contributed by atoms with Crippen LogP contribution < -0.4 is 4.90 Å². The van der Waals surface area contributed by atoms with Crippen LogP contribution in [0.3, 0.4) is 0 Å². The zero-order chi connectivity index (χ0) is 19.8. The number of aryl methyl sites for hydroxylation is 1. The van der Waals surface area contributed by atoms with Gasteiger partial charge in [0.15, 0.2) is 9.84 Å². The van der Waals surface area contributed by atoms with Crippen LogP contribution in [-0.2, 0) is 19.4 Å². The molecule has 1 unspecified atom stereocenters. The zero-order valence-corrected chi connectivity index (χ0v) is 16.8. The third-order valence-electron chi connectivity index (χ3n) is 4.34. The molecule has 1 aliphatic rings. The molecule has 0 radical (unpaired) electrons. The Kier molecular flexibility index (Phi) is 5.30. The van der Waals surface area contributed by atoms with E-state index >= 15 is 0 Å². The second-order valence-electron chi connectivity index (χ2n) is 6.26. The summed E-state index contributed by atoms with van der Waals surface area (Å²) >= 11 is 1.48. The SMILES string of the molecule is COC(=O)c1ccc(N2C(=O)CSC2c2ccc(S(C)(=O)=O)cc2)c(C)c1. The van der Waals surface area contributed by atoms with Crippen molar-refractivity contribution >= 4 is 39.2 Å². The van der Waals surface area contributed by atoms with E-state index in [2.05, 4.69) is 0 Å². The molecule has 3 rings (SSSR count). The van der Waals surface area contributed by atoms with E-state index in [0.29, 0.717) is 11.3 Å². The summed E-state index contributed by atoms with van der Waals surface area (Å²) in [6.45, 7) is 1.84. The van der Waals surface area contributed by atoms with Crippen molar-refractivity contribution in [3.63, 3.8) is 0 Å². The number of hydrogen-bond acceptors (Lipinski definition) is 6. The molecule has 142 valence electrons. The Labute approximate surface area is 162 Å². The Morgan fingerprint density at radius 1 is 1.19 bits per heavy atom. The minimum Gasteiger partial charge on any atom is -0.465 e. The number of hydrogen-bond donors (Lipinski definition) is 0. The monoisotopic (exact) mass is 405 g/mol. The fraction of sp³-hybridized carbons (Fsp3) is 0.263. The van der Waals surface area contributed by atoms with Crippen LogP contribution in [0, 0.1) is 6.92 Å². The topological polar surface area (TPSA) is 80.8 Å². The van der Waals surface area contributed by atoms with Gasteiger partial charge in [-0.1, -0.05) is 12.1 Å². The highest BCUT2D eigenvalue weighted by atomic mass is 32.2. The molecule has 0 spiro atoms. The Morgan fingerprint density at radius 2 is 1.85 bits per heavy atom. The summed E-state index contributed by atoms with van der Waals surface area (Å²) in [5.41, 5.74) is 2.77. The van der Waals surface area contributed by atoms with Gasteiger partial charge in [-0.2, -0.15) is 0 Å². The molecule has 0 saturated carbocycles. The van der Waals surface area contributed by atoms with E-state index < -0.39 is 15.8 Å². The molecule has 0 aliphatic carbocycles. The van der Waals surface area contributed by atoms with Crippen molar-refractivity contribution in [2.24, 2.45) is 0 Å². The van der Waals surface area contributed by atoms with Crippen molar-refractivity contribution in [2.45, 2.75) is 17.2 Å². The number of esters is 1. The highest BCUT2D eigenvalue weighted by Gasteiger charge is 2.35. The average Bonchev–Trinajstić information content (AvgIpc) is 3.01. The molecule has 1 amide bonds. The lowest BCUT2D eigenvalue weighted by Crippen LogP contribution is -2.28. The van der Waals surface area contributed by atoms with Crippen LogP contribution >= 0.6 is 11.8 Å².